The van der Waals surface area contributed by atoms with Crippen molar-refractivity contribution in [1.82, 2.24) is 10.2 Å². The molecule has 0 saturated heterocycles. The highest BCUT2D eigenvalue weighted by Gasteiger charge is 2.31. The van der Waals surface area contributed by atoms with E-state index in [0.29, 0.717) is 10.6 Å². The van der Waals surface area contributed by atoms with Crippen molar-refractivity contribution in [3.8, 4) is 10.6 Å². The second kappa shape index (κ2) is 8.78. The van der Waals surface area contributed by atoms with Gasteiger partial charge in [0.1, 0.15) is 11.0 Å². The van der Waals surface area contributed by atoms with E-state index in [1.165, 1.54) is 19.1 Å². The Balaban J connectivity index is 1.89. The average molecular weight is 462 g/mol. The minimum absolute atomic E-state index is 0.0570. The maximum Gasteiger partial charge on any atom is 0.271 e. The molecule has 3 rings (SSSR count). The van der Waals surface area contributed by atoms with Gasteiger partial charge in [0.2, 0.25) is 21.1 Å². The fraction of sp³-hybridized carbons (Fsp3) is 0.211. The summed E-state index contributed by atoms with van der Waals surface area (Å²) < 4.78 is 25.9. The van der Waals surface area contributed by atoms with Gasteiger partial charge in [-0.05, 0) is 19.4 Å². The summed E-state index contributed by atoms with van der Waals surface area (Å²) in [5.41, 5.74) is 1.08. The van der Waals surface area contributed by atoms with Crippen molar-refractivity contribution >= 4 is 43.8 Å². The summed E-state index contributed by atoms with van der Waals surface area (Å²) in [5, 5.41) is 22.5. The third kappa shape index (κ3) is 5.03. The zero-order valence-corrected chi connectivity index (χ0v) is 18.5. The molecular weight excluding hydrogens is 442 g/mol. The lowest BCUT2D eigenvalue weighted by Crippen LogP contribution is -2.45. The van der Waals surface area contributed by atoms with Crippen LogP contribution in [0.3, 0.4) is 0 Å². The second-order valence-corrected chi connectivity index (χ2v) is 9.57. The van der Waals surface area contributed by atoms with Crippen LogP contribution in [0.2, 0.25) is 0 Å². The minimum Gasteiger partial charge on any atom is -0.299 e. The van der Waals surface area contributed by atoms with E-state index in [4.69, 9.17) is 0 Å². The van der Waals surface area contributed by atoms with Crippen LogP contribution in [0.4, 0.5) is 16.5 Å². The molecule has 1 heterocycles. The number of non-ortho nitro benzene ring substituents is 1. The Labute approximate surface area is 182 Å². The molecule has 162 valence electrons. The molecule has 2 aromatic carbocycles. The first-order chi connectivity index (χ1) is 14.6. The lowest BCUT2D eigenvalue weighted by atomic mass is 10.1. The van der Waals surface area contributed by atoms with Gasteiger partial charge in [-0.1, -0.05) is 47.7 Å². The van der Waals surface area contributed by atoms with Crippen molar-refractivity contribution < 1.29 is 18.1 Å². The van der Waals surface area contributed by atoms with Crippen LogP contribution in [0.1, 0.15) is 12.5 Å². The molecule has 1 aromatic heterocycles. The topological polar surface area (TPSA) is 135 Å². The van der Waals surface area contributed by atoms with Gasteiger partial charge >= 0.3 is 0 Å². The zero-order chi connectivity index (χ0) is 22.8. The van der Waals surface area contributed by atoms with Crippen LogP contribution in [0.5, 0.6) is 0 Å². The molecule has 0 aliphatic rings. The third-order valence-corrected chi connectivity index (χ3v) is 6.52. The summed E-state index contributed by atoms with van der Waals surface area (Å²) in [7, 11) is -3.94. The van der Waals surface area contributed by atoms with Gasteiger partial charge in [0, 0.05) is 17.7 Å². The third-order valence-electron chi connectivity index (χ3n) is 4.41. The SMILES string of the molecule is Cc1ccc([N+](=O)[O-])cc1N([C@H](C)C(=O)Nc1nnc(-c2ccccc2)s1)S(C)(=O)=O. The first-order valence-electron chi connectivity index (χ1n) is 9.02. The number of nitro groups is 1. The Kier molecular flexibility index (Phi) is 6.32. The van der Waals surface area contributed by atoms with Gasteiger partial charge in [0.05, 0.1) is 16.9 Å². The second-order valence-electron chi connectivity index (χ2n) is 6.73. The highest BCUT2D eigenvalue weighted by Crippen LogP contribution is 2.30. The molecule has 0 aliphatic heterocycles. The largest absolute Gasteiger partial charge is 0.299 e. The number of carbonyl (C=O) groups is 1. The fourth-order valence-corrected chi connectivity index (χ4v) is 4.89. The molecule has 10 nitrogen and oxygen atoms in total. The molecular formula is C19H19N5O5S2. The molecule has 1 N–H and O–H groups in total. The van der Waals surface area contributed by atoms with E-state index in [1.807, 2.05) is 30.3 Å². The molecule has 1 atom stereocenters. The summed E-state index contributed by atoms with van der Waals surface area (Å²) in [4.78, 5) is 23.4. The number of carbonyl (C=O) groups excluding carboxylic acids is 1. The maximum absolute atomic E-state index is 12.8. The quantitative estimate of drug-likeness (QED) is 0.421. The Morgan fingerprint density at radius 2 is 1.87 bits per heavy atom. The Bertz CT molecular complexity index is 1230. The summed E-state index contributed by atoms with van der Waals surface area (Å²) in [5.74, 6) is -0.646. The van der Waals surface area contributed by atoms with Gasteiger partial charge in [-0.25, -0.2) is 8.42 Å². The molecule has 31 heavy (non-hydrogen) atoms. The van der Waals surface area contributed by atoms with E-state index < -0.39 is 26.9 Å². The zero-order valence-electron chi connectivity index (χ0n) is 16.8. The lowest BCUT2D eigenvalue weighted by Gasteiger charge is -2.29. The van der Waals surface area contributed by atoms with Gasteiger partial charge in [0.15, 0.2) is 0 Å². The van der Waals surface area contributed by atoms with Crippen LogP contribution >= 0.6 is 11.3 Å². The Morgan fingerprint density at radius 3 is 2.48 bits per heavy atom. The monoisotopic (exact) mass is 461 g/mol. The summed E-state index contributed by atoms with van der Waals surface area (Å²) in [6, 6.07) is 11.9. The van der Waals surface area contributed by atoms with Crippen LogP contribution in [0, 0.1) is 17.0 Å². The fourth-order valence-electron chi connectivity index (χ4n) is 2.91. The van der Waals surface area contributed by atoms with Crippen molar-refractivity contribution in [2.75, 3.05) is 15.9 Å². The Morgan fingerprint density at radius 1 is 1.19 bits per heavy atom. The molecule has 0 bridgehead atoms. The van der Waals surface area contributed by atoms with E-state index in [1.54, 1.807) is 6.92 Å². The van der Waals surface area contributed by atoms with Crippen molar-refractivity contribution in [2.45, 2.75) is 19.9 Å². The molecule has 0 saturated carbocycles. The van der Waals surface area contributed by atoms with Crippen molar-refractivity contribution in [2.24, 2.45) is 0 Å². The van der Waals surface area contributed by atoms with E-state index in [9.17, 15) is 23.3 Å². The highest BCUT2D eigenvalue weighted by atomic mass is 32.2. The molecule has 3 aromatic rings. The number of anilines is 2. The number of amides is 1. The van der Waals surface area contributed by atoms with Gasteiger partial charge < -0.3 is 0 Å². The van der Waals surface area contributed by atoms with E-state index in [0.717, 1.165) is 33.5 Å². The number of aromatic nitrogens is 2. The number of nitrogens with zero attached hydrogens (tertiary/aromatic N) is 4. The Hall–Kier alpha value is -3.38. The van der Waals surface area contributed by atoms with E-state index in [2.05, 4.69) is 15.5 Å². The molecule has 0 fully saturated rings. The van der Waals surface area contributed by atoms with Crippen LogP contribution in [0.25, 0.3) is 10.6 Å². The van der Waals surface area contributed by atoms with E-state index in [-0.39, 0.29) is 16.5 Å². The van der Waals surface area contributed by atoms with Gasteiger partial charge in [-0.3, -0.25) is 24.5 Å². The lowest BCUT2D eigenvalue weighted by molar-refractivity contribution is -0.384. The molecule has 0 aliphatic carbocycles. The molecule has 1 amide bonds. The first-order valence-corrected chi connectivity index (χ1v) is 11.7. The summed E-state index contributed by atoms with van der Waals surface area (Å²) >= 11 is 1.14. The number of hydrogen-bond donors (Lipinski definition) is 1. The molecule has 12 heteroatoms. The smallest absolute Gasteiger partial charge is 0.271 e. The average Bonchev–Trinajstić information content (AvgIpc) is 3.17. The number of nitro benzene ring substituents is 1. The van der Waals surface area contributed by atoms with Crippen molar-refractivity contribution in [3.63, 3.8) is 0 Å². The molecule has 0 radical (unpaired) electrons. The maximum atomic E-state index is 12.8. The van der Waals surface area contributed by atoms with Gasteiger partial charge in [0.25, 0.3) is 5.69 Å². The van der Waals surface area contributed by atoms with Gasteiger partial charge in [-0.15, -0.1) is 10.2 Å². The van der Waals surface area contributed by atoms with Crippen molar-refractivity contribution in [1.29, 1.82) is 0 Å². The van der Waals surface area contributed by atoms with Crippen LogP contribution in [-0.4, -0.2) is 41.7 Å². The van der Waals surface area contributed by atoms with Crippen molar-refractivity contribution in [3.05, 3.63) is 64.2 Å². The number of aryl methyl sites for hydroxylation is 1. The predicted octanol–water partition coefficient (Wildman–Crippen LogP) is 3.21. The van der Waals surface area contributed by atoms with E-state index >= 15 is 0 Å². The minimum atomic E-state index is -3.94. The standard InChI is InChI=1S/C19H19N5O5S2/c1-12-9-10-15(24(26)27)11-16(12)23(31(3,28)29)13(2)17(25)20-19-22-21-18(30-19)14-7-5-4-6-8-14/h4-11,13H,1-3H3,(H,20,22,25)/t13-/m1/s1. The number of sulfonamides is 1. The number of hydrogen-bond acceptors (Lipinski definition) is 8. The molecule has 0 spiro atoms. The normalized spacial score (nSPS) is 12.2. The highest BCUT2D eigenvalue weighted by molar-refractivity contribution is 7.92. The van der Waals surface area contributed by atoms with Gasteiger partial charge in [-0.2, -0.15) is 0 Å². The summed E-state index contributed by atoms with van der Waals surface area (Å²) in [6.45, 7) is 3.01. The summed E-state index contributed by atoms with van der Waals surface area (Å²) in [6.07, 6.45) is 0.938. The predicted molar refractivity (Wildman–Crippen MR) is 119 cm³/mol. The molecule has 0 unspecified atom stereocenters. The number of rotatable bonds is 7. The number of nitrogens with one attached hydrogen (secondary N) is 1. The van der Waals surface area contributed by atoms with Crippen LogP contribution in [0.15, 0.2) is 48.5 Å². The first kappa shape index (κ1) is 22.3. The number of benzene rings is 2. The van der Waals surface area contributed by atoms with Crippen LogP contribution < -0.4 is 9.62 Å². The van der Waals surface area contributed by atoms with Crippen LogP contribution in [-0.2, 0) is 14.8 Å².